The lowest BCUT2D eigenvalue weighted by Gasteiger charge is -2.35. The summed E-state index contributed by atoms with van der Waals surface area (Å²) >= 11 is 0. The van der Waals surface area contributed by atoms with Crippen LogP contribution in [0.4, 0.5) is 32.0 Å². The molecule has 0 aliphatic carbocycles. The summed E-state index contributed by atoms with van der Waals surface area (Å²) < 4.78 is 115. The van der Waals surface area contributed by atoms with Crippen LogP contribution in [0.25, 0.3) is 11.6 Å². The van der Waals surface area contributed by atoms with Crippen LogP contribution in [-0.2, 0) is 27.2 Å². The van der Waals surface area contributed by atoms with Gasteiger partial charge >= 0.3 is 18.3 Å². The Hall–Kier alpha value is -4.00. The zero-order valence-electron chi connectivity index (χ0n) is 21.3. The lowest BCUT2D eigenvalue weighted by molar-refractivity contribution is -0.138. The van der Waals surface area contributed by atoms with Crippen LogP contribution in [0.5, 0.6) is 5.75 Å². The van der Waals surface area contributed by atoms with E-state index in [2.05, 4.69) is 0 Å². The second-order valence-corrected chi connectivity index (χ2v) is 11.2. The van der Waals surface area contributed by atoms with E-state index in [0.29, 0.717) is 11.6 Å². The number of allylic oxidation sites excluding steroid dienone is 1. The Bertz CT molecular complexity index is 1600. The predicted molar refractivity (Wildman–Crippen MR) is 139 cm³/mol. The Balaban J connectivity index is 1.80. The molecule has 0 spiro atoms. The molecule has 1 atom stereocenters. The minimum Gasteiger partial charge on any atom is -0.486 e. The molecule has 1 heterocycles. The number of aliphatic carboxylic acids is 1. The van der Waals surface area contributed by atoms with Crippen molar-refractivity contribution in [1.82, 2.24) is 0 Å². The Morgan fingerprint density at radius 1 is 1.00 bits per heavy atom. The SMILES string of the molecule is C/C(=C\c1ccc2c(c1)N(S(=O)(=O)c1cccc(C(F)(F)F)c1)C[C@H](CCC(=O)O)O2)c1ccccc1C(F)(F)F. The van der Waals surface area contributed by atoms with Crippen molar-refractivity contribution in [1.29, 1.82) is 0 Å². The normalized spacial score (nSPS) is 16.2. The third-order valence-electron chi connectivity index (χ3n) is 6.38. The third kappa shape index (κ3) is 6.67. The Morgan fingerprint density at radius 3 is 2.37 bits per heavy atom. The van der Waals surface area contributed by atoms with Gasteiger partial charge in [0.1, 0.15) is 11.9 Å². The first-order valence-electron chi connectivity index (χ1n) is 12.1. The molecule has 4 rings (SSSR count). The van der Waals surface area contributed by atoms with Crippen molar-refractivity contribution < 1.29 is 49.4 Å². The van der Waals surface area contributed by atoms with Gasteiger partial charge in [-0.1, -0.05) is 36.4 Å². The predicted octanol–water partition coefficient (Wildman–Crippen LogP) is 7.11. The molecule has 1 aliphatic heterocycles. The van der Waals surface area contributed by atoms with Crippen molar-refractivity contribution in [2.75, 3.05) is 10.8 Å². The van der Waals surface area contributed by atoms with Crippen LogP contribution in [0, 0.1) is 0 Å². The fourth-order valence-corrected chi connectivity index (χ4v) is 5.99. The first-order chi connectivity index (χ1) is 19.1. The van der Waals surface area contributed by atoms with E-state index in [1.54, 1.807) is 0 Å². The summed E-state index contributed by atoms with van der Waals surface area (Å²) in [5, 5.41) is 9.06. The first kappa shape index (κ1) is 30.0. The van der Waals surface area contributed by atoms with Crippen molar-refractivity contribution in [3.8, 4) is 5.75 Å². The molecular formula is C28H23F6NO5S. The van der Waals surface area contributed by atoms with Crippen molar-refractivity contribution in [3.63, 3.8) is 0 Å². The molecular weight excluding hydrogens is 576 g/mol. The molecule has 0 saturated carbocycles. The van der Waals surface area contributed by atoms with E-state index in [0.717, 1.165) is 28.6 Å². The molecule has 0 saturated heterocycles. The number of carboxylic acids is 1. The maximum atomic E-state index is 13.7. The highest BCUT2D eigenvalue weighted by atomic mass is 32.2. The fourth-order valence-electron chi connectivity index (χ4n) is 4.44. The minimum atomic E-state index is -4.80. The van der Waals surface area contributed by atoms with E-state index < -0.39 is 57.0 Å². The van der Waals surface area contributed by atoms with E-state index in [1.807, 2.05) is 0 Å². The van der Waals surface area contributed by atoms with Gasteiger partial charge in [0, 0.05) is 6.42 Å². The molecule has 0 amide bonds. The van der Waals surface area contributed by atoms with E-state index >= 15 is 0 Å². The van der Waals surface area contributed by atoms with Gasteiger partial charge in [-0.05, 0) is 66.4 Å². The molecule has 41 heavy (non-hydrogen) atoms. The van der Waals surface area contributed by atoms with Crippen LogP contribution in [0.1, 0.15) is 42.0 Å². The smallest absolute Gasteiger partial charge is 0.416 e. The van der Waals surface area contributed by atoms with Gasteiger partial charge in [0.05, 0.1) is 28.3 Å². The third-order valence-corrected chi connectivity index (χ3v) is 8.16. The van der Waals surface area contributed by atoms with E-state index in [9.17, 15) is 39.6 Å². The summed E-state index contributed by atoms with van der Waals surface area (Å²) in [4.78, 5) is 10.5. The summed E-state index contributed by atoms with van der Waals surface area (Å²) in [6.45, 7) is 1.06. The van der Waals surface area contributed by atoms with Crippen LogP contribution in [0.15, 0.2) is 71.6 Å². The summed E-state index contributed by atoms with van der Waals surface area (Å²) in [6, 6.07) is 12.3. The maximum Gasteiger partial charge on any atom is 0.416 e. The second-order valence-electron chi connectivity index (χ2n) is 9.33. The molecule has 0 bridgehead atoms. The van der Waals surface area contributed by atoms with Gasteiger partial charge in [0.15, 0.2) is 0 Å². The number of benzene rings is 3. The number of carboxylic acid groups (broad SMARTS) is 1. The Morgan fingerprint density at radius 2 is 1.71 bits per heavy atom. The minimum absolute atomic E-state index is 0.0210. The number of hydrogen-bond acceptors (Lipinski definition) is 4. The van der Waals surface area contributed by atoms with Gasteiger partial charge < -0.3 is 9.84 Å². The van der Waals surface area contributed by atoms with E-state index in [-0.39, 0.29) is 35.4 Å². The average molecular weight is 600 g/mol. The monoisotopic (exact) mass is 599 g/mol. The van der Waals surface area contributed by atoms with Gasteiger partial charge in [-0.3, -0.25) is 9.10 Å². The van der Waals surface area contributed by atoms with E-state index in [1.165, 1.54) is 49.4 Å². The van der Waals surface area contributed by atoms with Gasteiger partial charge in [-0.2, -0.15) is 26.3 Å². The van der Waals surface area contributed by atoms with Gasteiger partial charge in [-0.15, -0.1) is 0 Å². The number of fused-ring (bicyclic) bond motifs is 1. The molecule has 0 fully saturated rings. The molecule has 218 valence electrons. The van der Waals surface area contributed by atoms with Crippen molar-refractivity contribution in [2.45, 2.75) is 43.1 Å². The van der Waals surface area contributed by atoms with Crippen molar-refractivity contribution in [3.05, 3.63) is 89.0 Å². The molecule has 1 aliphatic rings. The maximum absolute atomic E-state index is 13.7. The number of rotatable bonds is 7. The highest BCUT2D eigenvalue weighted by molar-refractivity contribution is 7.92. The summed E-state index contributed by atoms with van der Waals surface area (Å²) in [6.07, 6.45) is -9.37. The number of alkyl halides is 6. The highest BCUT2D eigenvalue weighted by Gasteiger charge is 2.37. The first-order valence-corrected chi connectivity index (χ1v) is 13.6. The zero-order valence-corrected chi connectivity index (χ0v) is 22.1. The lowest BCUT2D eigenvalue weighted by atomic mass is 9.98. The van der Waals surface area contributed by atoms with Gasteiger partial charge in [0.2, 0.25) is 0 Å². The second kappa shape index (κ2) is 11.1. The summed E-state index contributed by atoms with van der Waals surface area (Å²) in [5.41, 5.74) is -1.65. The van der Waals surface area contributed by atoms with Crippen LogP contribution < -0.4 is 9.04 Å². The number of hydrogen-bond donors (Lipinski definition) is 1. The molecule has 0 aromatic heterocycles. The quantitative estimate of drug-likeness (QED) is 0.231. The Labute approximate surface area is 231 Å². The summed E-state index contributed by atoms with van der Waals surface area (Å²) in [5.74, 6) is -1.13. The Kier molecular flexibility index (Phi) is 8.12. The zero-order chi connectivity index (χ0) is 30.2. The number of nitrogens with zero attached hydrogens (tertiary/aromatic N) is 1. The molecule has 1 N–H and O–H groups in total. The van der Waals surface area contributed by atoms with E-state index in [4.69, 9.17) is 9.84 Å². The largest absolute Gasteiger partial charge is 0.486 e. The molecule has 3 aromatic rings. The molecule has 0 unspecified atom stereocenters. The number of carbonyl (C=O) groups is 1. The topological polar surface area (TPSA) is 83.9 Å². The van der Waals surface area contributed by atoms with Crippen LogP contribution >= 0.6 is 0 Å². The molecule has 3 aromatic carbocycles. The highest BCUT2D eigenvalue weighted by Crippen LogP contribution is 2.41. The summed E-state index contributed by atoms with van der Waals surface area (Å²) in [7, 11) is -4.62. The molecule has 0 radical (unpaired) electrons. The van der Waals surface area contributed by atoms with Crippen LogP contribution in [0.3, 0.4) is 0 Å². The number of anilines is 1. The standard InChI is InChI=1S/C28H23F6NO5S/c1-17(22-7-2-3-8-23(22)28(32,33)34)13-18-9-11-25-24(14-18)35(16-20(40-25)10-12-26(36)37)41(38,39)21-6-4-5-19(15-21)27(29,30)31/h2-9,11,13-15,20H,10,12,16H2,1H3,(H,36,37)/b17-13+/t20-/m0/s1. The molecule has 13 heteroatoms. The van der Waals surface area contributed by atoms with Crippen LogP contribution in [-0.4, -0.2) is 32.1 Å². The van der Waals surface area contributed by atoms with Crippen molar-refractivity contribution in [2.24, 2.45) is 0 Å². The number of sulfonamides is 1. The average Bonchev–Trinajstić information content (AvgIpc) is 2.90. The number of halogens is 6. The van der Waals surface area contributed by atoms with Gasteiger partial charge in [-0.25, -0.2) is 8.42 Å². The lowest BCUT2D eigenvalue weighted by Crippen LogP contribution is -2.43. The number of ether oxygens (including phenoxy) is 1. The van der Waals surface area contributed by atoms with Crippen LogP contribution in [0.2, 0.25) is 0 Å². The molecule has 6 nitrogen and oxygen atoms in total. The fraction of sp³-hybridized carbons (Fsp3) is 0.250. The van der Waals surface area contributed by atoms with Crippen molar-refractivity contribution >= 4 is 33.3 Å². The van der Waals surface area contributed by atoms with Gasteiger partial charge in [0.25, 0.3) is 10.0 Å².